The fraction of sp³-hybridized carbons (Fsp3) is 0.500. The van der Waals surface area contributed by atoms with E-state index in [1.165, 1.54) is 5.56 Å². The highest BCUT2D eigenvalue weighted by Crippen LogP contribution is 2.40. The van der Waals surface area contributed by atoms with Gasteiger partial charge in [-0.2, -0.15) is 0 Å². The molecule has 1 amide bonds. The van der Waals surface area contributed by atoms with Gasteiger partial charge in [0.05, 0.1) is 0 Å². The number of hydrogen-bond donors (Lipinski definition) is 1. The highest BCUT2D eigenvalue weighted by Gasteiger charge is 2.31. The van der Waals surface area contributed by atoms with Crippen LogP contribution >= 0.6 is 0 Å². The Labute approximate surface area is 148 Å². The number of likely N-dealkylation sites (tertiary alicyclic amines) is 1. The molecule has 2 atom stereocenters. The minimum Gasteiger partial charge on any atom is -0.360 e. The Balaban J connectivity index is 1.30. The Hall–Kier alpha value is -2.14. The van der Waals surface area contributed by atoms with Crippen molar-refractivity contribution in [1.29, 1.82) is 0 Å². The summed E-state index contributed by atoms with van der Waals surface area (Å²) in [6.45, 7) is 5.17. The molecule has 132 valence electrons. The average Bonchev–Trinajstić information content (AvgIpc) is 3.35. The van der Waals surface area contributed by atoms with Gasteiger partial charge in [0.25, 0.3) is 5.91 Å². The van der Waals surface area contributed by atoms with Crippen molar-refractivity contribution in [1.82, 2.24) is 15.4 Å². The van der Waals surface area contributed by atoms with E-state index in [9.17, 15) is 4.79 Å². The largest absolute Gasteiger partial charge is 0.360 e. The molecule has 1 saturated heterocycles. The molecule has 0 spiro atoms. The van der Waals surface area contributed by atoms with E-state index in [1.54, 1.807) is 0 Å². The second-order valence-electron chi connectivity index (χ2n) is 7.46. The molecule has 2 fully saturated rings. The molecule has 5 heteroatoms. The maximum atomic E-state index is 12.4. The third kappa shape index (κ3) is 3.93. The lowest BCUT2D eigenvalue weighted by molar-refractivity contribution is 0.0851. The number of amides is 1. The van der Waals surface area contributed by atoms with E-state index >= 15 is 0 Å². The first kappa shape index (κ1) is 16.3. The van der Waals surface area contributed by atoms with E-state index in [-0.39, 0.29) is 11.9 Å². The van der Waals surface area contributed by atoms with Gasteiger partial charge in [0, 0.05) is 37.7 Å². The molecule has 0 bridgehead atoms. The van der Waals surface area contributed by atoms with Crippen LogP contribution in [0.1, 0.15) is 53.9 Å². The number of nitrogens with zero attached hydrogens (tertiary/aromatic N) is 2. The molecule has 2 heterocycles. The van der Waals surface area contributed by atoms with E-state index in [1.807, 2.05) is 12.1 Å². The molecular weight excluding hydrogens is 314 g/mol. The van der Waals surface area contributed by atoms with Gasteiger partial charge in [-0.3, -0.25) is 9.69 Å². The van der Waals surface area contributed by atoms with Crippen LogP contribution < -0.4 is 5.32 Å². The molecule has 1 aromatic carbocycles. The minimum atomic E-state index is -0.107. The number of carbonyl (C=O) groups is 1. The van der Waals surface area contributed by atoms with Crippen LogP contribution in [0.5, 0.6) is 0 Å². The summed E-state index contributed by atoms with van der Waals surface area (Å²) >= 11 is 0. The summed E-state index contributed by atoms with van der Waals surface area (Å²) < 4.78 is 5.29. The smallest absolute Gasteiger partial charge is 0.273 e. The zero-order chi connectivity index (χ0) is 17.2. The van der Waals surface area contributed by atoms with E-state index in [2.05, 4.69) is 46.6 Å². The van der Waals surface area contributed by atoms with Crippen molar-refractivity contribution in [3.05, 3.63) is 53.4 Å². The monoisotopic (exact) mass is 339 g/mol. The van der Waals surface area contributed by atoms with Gasteiger partial charge < -0.3 is 9.84 Å². The van der Waals surface area contributed by atoms with Gasteiger partial charge in [-0.05, 0) is 30.7 Å². The molecule has 0 radical (unpaired) electrons. The number of nitrogens with one attached hydrogen (secondary N) is 1. The van der Waals surface area contributed by atoms with Crippen molar-refractivity contribution < 1.29 is 9.32 Å². The Morgan fingerprint density at radius 3 is 2.80 bits per heavy atom. The van der Waals surface area contributed by atoms with Crippen molar-refractivity contribution in [3.8, 4) is 0 Å². The summed E-state index contributed by atoms with van der Waals surface area (Å²) in [7, 11) is 0. The summed E-state index contributed by atoms with van der Waals surface area (Å²) in [5.74, 6) is 1.64. The van der Waals surface area contributed by atoms with Crippen molar-refractivity contribution >= 4 is 5.91 Å². The minimum absolute atomic E-state index is 0.107. The fourth-order valence-electron chi connectivity index (χ4n) is 3.63. The third-order valence-electron chi connectivity index (χ3n) is 5.30. The molecule has 1 N–H and O–H groups in total. The molecule has 4 rings (SSSR count). The topological polar surface area (TPSA) is 58.4 Å². The normalized spacial score (nSPS) is 24.2. The fourth-order valence-corrected chi connectivity index (χ4v) is 3.63. The predicted molar refractivity (Wildman–Crippen MR) is 95.2 cm³/mol. The summed E-state index contributed by atoms with van der Waals surface area (Å²) in [6, 6.07) is 12.6. The number of carbonyl (C=O) groups excluding carboxylic acids is 1. The molecule has 1 aliphatic heterocycles. The van der Waals surface area contributed by atoms with E-state index in [0.717, 1.165) is 44.7 Å². The average molecular weight is 339 g/mol. The Kier molecular flexibility index (Phi) is 4.57. The van der Waals surface area contributed by atoms with Crippen LogP contribution in [-0.4, -0.2) is 35.1 Å². The maximum absolute atomic E-state index is 12.4. The Morgan fingerprint density at radius 1 is 1.28 bits per heavy atom. The van der Waals surface area contributed by atoms with Crippen molar-refractivity contribution in [2.24, 2.45) is 5.92 Å². The maximum Gasteiger partial charge on any atom is 0.273 e. The van der Waals surface area contributed by atoms with E-state index < -0.39 is 0 Å². The number of rotatable bonds is 5. The summed E-state index contributed by atoms with van der Waals surface area (Å²) in [6.07, 6.45) is 3.26. The van der Waals surface area contributed by atoms with Gasteiger partial charge in [-0.1, -0.05) is 42.4 Å². The number of aromatic nitrogens is 1. The molecule has 1 saturated carbocycles. The van der Waals surface area contributed by atoms with Crippen LogP contribution in [0.25, 0.3) is 0 Å². The second kappa shape index (κ2) is 7.00. The highest BCUT2D eigenvalue weighted by molar-refractivity contribution is 5.92. The van der Waals surface area contributed by atoms with Gasteiger partial charge in [-0.15, -0.1) is 0 Å². The quantitative estimate of drug-likeness (QED) is 0.909. The van der Waals surface area contributed by atoms with E-state index in [0.29, 0.717) is 17.5 Å². The van der Waals surface area contributed by atoms with Gasteiger partial charge >= 0.3 is 0 Å². The first-order valence-corrected chi connectivity index (χ1v) is 9.23. The molecule has 2 aliphatic rings. The number of benzene rings is 1. The van der Waals surface area contributed by atoms with Gasteiger partial charge in [0.1, 0.15) is 5.76 Å². The van der Waals surface area contributed by atoms with Crippen molar-refractivity contribution in [3.63, 3.8) is 0 Å². The Bertz CT molecular complexity index is 724. The van der Waals surface area contributed by atoms with Crippen LogP contribution in [0.15, 0.2) is 40.9 Å². The lowest BCUT2D eigenvalue weighted by Gasteiger charge is -2.37. The molecular formula is C20H25N3O2. The molecule has 25 heavy (non-hydrogen) atoms. The first-order chi connectivity index (χ1) is 12.2. The number of piperidine rings is 1. The van der Waals surface area contributed by atoms with Crippen LogP contribution in [0.3, 0.4) is 0 Å². The highest BCUT2D eigenvalue weighted by atomic mass is 16.5. The van der Waals surface area contributed by atoms with Crippen LogP contribution in [0.2, 0.25) is 0 Å². The zero-order valence-corrected chi connectivity index (χ0v) is 14.6. The van der Waals surface area contributed by atoms with Crippen LogP contribution in [-0.2, 0) is 6.54 Å². The standard InChI is InChI=1S/C20H25N3O2/c1-14-12-23(13-15-5-3-2-4-6-15)10-9-17(14)21-20(24)18-11-19(25-22-18)16-7-8-16/h2-6,11,14,16-17H,7-10,12-13H2,1H3,(H,21,24)/t14-,17-/m1/s1. The van der Waals surface area contributed by atoms with Crippen molar-refractivity contribution in [2.75, 3.05) is 13.1 Å². The van der Waals surface area contributed by atoms with Crippen molar-refractivity contribution in [2.45, 2.75) is 44.7 Å². The SMILES string of the molecule is C[C@@H]1CN(Cc2ccccc2)CC[C@H]1NC(=O)c1cc(C2CC2)on1. The molecule has 0 unspecified atom stereocenters. The predicted octanol–water partition coefficient (Wildman–Crippen LogP) is 3.19. The summed E-state index contributed by atoms with van der Waals surface area (Å²) in [5, 5.41) is 7.10. The molecule has 2 aromatic rings. The van der Waals surface area contributed by atoms with Crippen LogP contribution in [0, 0.1) is 5.92 Å². The number of hydrogen-bond acceptors (Lipinski definition) is 4. The van der Waals surface area contributed by atoms with Gasteiger partial charge in [0.15, 0.2) is 5.69 Å². The summed E-state index contributed by atoms with van der Waals surface area (Å²) in [4.78, 5) is 14.9. The van der Waals surface area contributed by atoms with Crippen LogP contribution in [0.4, 0.5) is 0 Å². The molecule has 1 aliphatic carbocycles. The lowest BCUT2D eigenvalue weighted by atomic mass is 9.93. The molecule has 1 aromatic heterocycles. The van der Waals surface area contributed by atoms with E-state index in [4.69, 9.17) is 4.52 Å². The summed E-state index contributed by atoms with van der Waals surface area (Å²) in [5.41, 5.74) is 1.76. The zero-order valence-electron chi connectivity index (χ0n) is 14.6. The first-order valence-electron chi connectivity index (χ1n) is 9.23. The lowest BCUT2D eigenvalue weighted by Crippen LogP contribution is -2.49. The van der Waals surface area contributed by atoms with Gasteiger partial charge in [-0.25, -0.2) is 0 Å². The third-order valence-corrected chi connectivity index (χ3v) is 5.30. The Morgan fingerprint density at radius 2 is 2.08 bits per heavy atom. The van der Waals surface area contributed by atoms with Gasteiger partial charge in [0.2, 0.25) is 0 Å². The second-order valence-corrected chi connectivity index (χ2v) is 7.46. The molecule has 5 nitrogen and oxygen atoms in total.